The van der Waals surface area contributed by atoms with Gasteiger partial charge >= 0.3 is 5.97 Å². The molecule has 0 saturated carbocycles. The Morgan fingerprint density at radius 2 is 2.16 bits per heavy atom. The molecule has 0 bridgehead atoms. The lowest BCUT2D eigenvalue weighted by atomic mass is 10.2. The first-order valence-corrected chi connectivity index (χ1v) is 11.7. The monoisotopic (exact) mass is 472 g/mol. The molecule has 1 aliphatic heterocycles. The highest BCUT2D eigenvalue weighted by atomic mass is 32.2. The summed E-state index contributed by atoms with van der Waals surface area (Å²) in [4.78, 5) is 20.4. The number of hydrogen-bond acceptors (Lipinski definition) is 9. The molecule has 2 heterocycles. The SMILES string of the molecule is CCOC(=O)[C@@H](C)Oc1cc(N[S+]([O-])N2CCC2)nc(SCc2cccc(F)c2F)n1. The van der Waals surface area contributed by atoms with Gasteiger partial charge < -0.3 is 14.0 Å². The normalized spacial score (nSPS) is 15.6. The molecule has 0 spiro atoms. The maximum absolute atomic E-state index is 13.9. The molecule has 1 aromatic heterocycles. The van der Waals surface area contributed by atoms with Crippen molar-refractivity contribution in [3.8, 4) is 5.88 Å². The predicted molar refractivity (Wildman–Crippen MR) is 113 cm³/mol. The summed E-state index contributed by atoms with van der Waals surface area (Å²) < 4.78 is 54.7. The summed E-state index contributed by atoms with van der Waals surface area (Å²) in [6.07, 6.45) is 0.0326. The number of benzene rings is 1. The van der Waals surface area contributed by atoms with Crippen LogP contribution in [0, 0.1) is 11.6 Å². The molecule has 2 aromatic rings. The molecule has 1 saturated heterocycles. The number of carbonyl (C=O) groups is 1. The summed E-state index contributed by atoms with van der Waals surface area (Å²) in [6, 6.07) is 5.34. The number of anilines is 1. The second-order valence-electron chi connectivity index (χ2n) is 6.52. The first-order valence-electron chi connectivity index (χ1n) is 9.59. The predicted octanol–water partition coefficient (Wildman–Crippen LogP) is 3.07. The zero-order chi connectivity index (χ0) is 22.4. The molecule has 1 aromatic carbocycles. The number of nitrogens with zero attached hydrogens (tertiary/aromatic N) is 3. The molecular formula is C19H22F2N4O4S2. The van der Waals surface area contributed by atoms with Crippen molar-refractivity contribution in [1.29, 1.82) is 0 Å². The highest BCUT2D eigenvalue weighted by molar-refractivity contribution is 7.98. The number of rotatable bonds is 10. The molecule has 168 valence electrons. The van der Waals surface area contributed by atoms with Crippen LogP contribution in [-0.2, 0) is 26.8 Å². The zero-order valence-corrected chi connectivity index (χ0v) is 18.6. The van der Waals surface area contributed by atoms with E-state index in [4.69, 9.17) is 9.47 Å². The van der Waals surface area contributed by atoms with Gasteiger partial charge in [0.25, 0.3) is 0 Å². The zero-order valence-electron chi connectivity index (χ0n) is 17.0. The van der Waals surface area contributed by atoms with Gasteiger partial charge in [-0.1, -0.05) is 23.9 Å². The number of carbonyl (C=O) groups excluding carboxylic acids is 1. The first-order chi connectivity index (χ1) is 14.9. The maximum atomic E-state index is 13.9. The molecule has 0 amide bonds. The molecule has 2 atom stereocenters. The molecular weight excluding hydrogens is 450 g/mol. The quantitative estimate of drug-likeness (QED) is 0.242. The van der Waals surface area contributed by atoms with E-state index < -0.39 is 35.3 Å². The smallest absolute Gasteiger partial charge is 0.347 e. The van der Waals surface area contributed by atoms with Gasteiger partial charge in [0, 0.05) is 30.5 Å². The summed E-state index contributed by atoms with van der Waals surface area (Å²) >= 11 is -0.442. The molecule has 1 fully saturated rings. The number of ether oxygens (including phenoxy) is 2. The molecule has 12 heteroatoms. The summed E-state index contributed by atoms with van der Waals surface area (Å²) in [5.74, 6) is -2.10. The van der Waals surface area contributed by atoms with Crippen molar-refractivity contribution in [1.82, 2.24) is 14.3 Å². The fourth-order valence-electron chi connectivity index (χ4n) is 2.48. The number of thioether (sulfide) groups is 1. The number of halogens is 2. The summed E-state index contributed by atoms with van der Waals surface area (Å²) in [6.45, 7) is 4.81. The summed E-state index contributed by atoms with van der Waals surface area (Å²) in [5, 5.41) is 0.181. The van der Waals surface area contributed by atoms with Crippen LogP contribution in [0.25, 0.3) is 0 Å². The molecule has 0 aliphatic carbocycles. The molecule has 3 rings (SSSR count). The van der Waals surface area contributed by atoms with Crippen LogP contribution in [-0.4, -0.2) is 50.6 Å². The molecule has 0 radical (unpaired) electrons. The van der Waals surface area contributed by atoms with Crippen molar-refractivity contribution < 1.29 is 27.6 Å². The van der Waals surface area contributed by atoms with Gasteiger partial charge in [0.05, 0.1) is 6.61 Å². The molecule has 8 nitrogen and oxygen atoms in total. The van der Waals surface area contributed by atoms with Gasteiger partial charge in [0.15, 0.2) is 40.3 Å². The fourth-order valence-corrected chi connectivity index (χ4v) is 4.31. The molecule has 1 N–H and O–H groups in total. The number of aromatic nitrogens is 2. The Kier molecular flexibility index (Phi) is 8.29. The largest absolute Gasteiger partial charge is 0.573 e. The van der Waals surface area contributed by atoms with Gasteiger partial charge in [-0.3, -0.25) is 0 Å². The third kappa shape index (κ3) is 6.42. The minimum absolute atomic E-state index is 0.0564. The highest BCUT2D eigenvalue weighted by Crippen LogP contribution is 2.27. The van der Waals surface area contributed by atoms with E-state index in [1.807, 2.05) is 0 Å². The van der Waals surface area contributed by atoms with Crippen molar-refractivity contribution in [3.05, 3.63) is 41.5 Å². The third-order valence-corrected chi connectivity index (χ3v) is 6.34. The van der Waals surface area contributed by atoms with Crippen molar-refractivity contribution in [2.45, 2.75) is 37.3 Å². The van der Waals surface area contributed by atoms with Crippen LogP contribution in [0.3, 0.4) is 0 Å². The van der Waals surface area contributed by atoms with E-state index in [-0.39, 0.29) is 34.8 Å². The third-order valence-electron chi connectivity index (χ3n) is 4.23. The van der Waals surface area contributed by atoms with E-state index in [1.165, 1.54) is 25.1 Å². The van der Waals surface area contributed by atoms with E-state index in [2.05, 4.69) is 14.7 Å². The Morgan fingerprint density at radius 3 is 2.84 bits per heavy atom. The van der Waals surface area contributed by atoms with Crippen LogP contribution < -0.4 is 9.46 Å². The second kappa shape index (κ2) is 10.9. The average Bonchev–Trinajstić information content (AvgIpc) is 2.67. The molecule has 1 aliphatic rings. The van der Waals surface area contributed by atoms with Crippen molar-refractivity contribution >= 4 is 35.1 Å². The van der Waals surface area contributed by atoms with Gasteiger partial charge in [-0.05, 0) is 26.3 Å². The Labute approximate surface area is 186 Å². The van der Waals surface area contributed by atoms with E-state index in [9.17, 15) is 18.1 Å². The van der Waals surface area contributed by atoms with Crippen molar-refractivity contribution in [2.75, 3.05) is 24.4 Å². The lowest BCUT2D eigenvalue weighted by Gasteiger charge is -2.29. The van der Waals surface area contributed by atoms with Crippen molar-refractivity contribution in [2.24, 2.45) is 0 Å². The van der Waals surface area contributed by atoms with Gasteiger partial charge in [0.2, 0.25) is 5.88 Å². The summed E-state index contributed by atoms with van der Waals surface area (Å²) in [7, 11) is 0. The summed E-state index contributed by atoms with van der Waals surface area (Å²) in [5.41, 5.74) is 0.151. The van der Waals surface area contributed by atoms with Crippen LogP contribution in [0.4, 0.5) is 14.6 Å². The maximum Gasteiger partial charge on any atom is 0.347 e. The number of nitrogens with one attached hydrogen (secondary N) is 1. The van der Waals surface area contributed by atoms with Crippen LogP contribution in [0.5, 0.6) is 5.88 Å². The number of hydrogen-bond donors (Lipinski definition) is 1. The van der Waals surface area contributed by atoms with Crippen LogP contribution in [0.15, 0.2) is 29.4 Å². The lowest BCUT2D eigenvalue weighted by molar-refractivity contribution is -0.150. The molecule has 31 heavy (non-hydrogen) atoms. The van der Waals surface area contributed by atoms with Crippen LogP contribution >= 0.6 is 11.8 Å². The van der Waals surface area contributed by atoms with Gasteiger partial charge in [0.1, 0.15) is 0 Å². The van der Waals surface area contributed by atoms with E-state index in [0.29, 0.717) is 13.1 Å². The molecule has 1 unspecified atom stereocenters. The topological polar surface area (TPSA) is 99.6 Å². The minimum Gasteiger partial charge on any atom is -0.573 e. The van der Waals surface area contributed by atoms with E-state index in [1.54, 1.807) is 11.2 Å². The van der Waals surface area contributed by atoms with Gasteiger partial charge in [-0.2, -0.15) is 9.71 Å². The highest BCUT2D eigenvalue weighted by Gasteiger charge is 2.28. The second-order valence-corrected chi connectivity index (χ2v) is 8.68. The number of esters is 1. The van der Waals surface area contributed by atoms with Gasteiger partial charge in [-0.25, -0.2) is 18.6 Å². The minimum atomic E-state index is -1.49. The average molecular weight is 473 g/mol. The van der Waals surface area contributed by atoms with Crippen LogP contribution in [0.1, 0.15) is 25.8 Å². The fraction of sp³-hybridized carbons (Fsp3) is 0.421. The lowest BCUT2D eigenvalue weighted by Crippen LogP contribution is -2.45. The standard InChI is InChI=1S/C19H22F2N4O4S2/c1-3-28-18(26)12(2)29-16-10-15(24-31(27)25-8-5-9-25)22-19(23-16)30-11-13-6-4-7-14(20)17(13)21/h4,6-7,10,12H,3,5,8-9,11H2,1-2H3,(H,22,23,24)/t12-,31?/m1/s1. The Hall–Kier alpha value is -2.15. The Morgan fingerprint density at radius 1 is 1.39 bits per heavy atom. The van der Waals surface area contributed by atoms with E-state index >= 15 is 0 Å². The first kappa shape index (κ1) is 23.5. The van der Waals surface area contributed by atoms with E-state index in [0.717, 1.165) is 24.2 Å². The van der Waals surface area contributed by atoms with Gasteiger partial charge in [-0.15, -0.1) is 4.31 Å². The Bertz CT molecular complexity index is 920. The Balaban J connectivity index is 1.77. The van der Waals surface area contributed by atoms with Crippen LogP contribution in [0.2, 0.25) is 0 Å². The van der Waals surface area contributed by atoms with Crippen molar-refractivity contribution in [3.63, 3.8) is 0 Å².